The highest BCUT2D eigenvalue weighted by atomic mass is 19.1. The molecule has 2 rings (SSSR count). The van der Waals surface area contributed by atoms with E-state index in [1.807, 2.05) is 11.5 Å². The van der Waals surface area contributed by atoms with E-state index < -0.39 is 11.7 Å². The van der Waals surface area contributed by atoms with E-state index in [0.29, 0.717) is 12.2 Å². The fourth-order valence-electron chi connectivity index (χ4n) is 1.77. The number of rotatable bonds is 4. The minimum atomic E-state index is -0.618. The highest BCUT2D eigenvalue weighted by Gasteiger charge is 2.14. The van der Waals surface area contributed by atoms with Crippen LogP contribution in [-0.4, -0.2) is 21.5 Å². The topological polar surface area (TPSA) is 72.9 Å². The summed E-state index contributed by atoms with van der Waals surface area (Å²) in [6, 6.07) is 3.87. The Kier molecular flexibility index (Phi) is 3.79. The number of anilines is 1. The number of nitrogen functional groups attached to an aromatic ring is 1. The van der Waals surface area contributed by atoms with Gasteiger partial charge in [0.2, 0.25) is 0 Å². The lowest BCUT2D eigenvalue weighted by Gasteiger charge is -2.14. The van der Waals surface area contributed by atoms with Crippen LogP contribution < -0.4 is 11.1 Å². The van der Waals surface area contributed by atoms with Crippen LogP contribution in [0.4, 0.5) is 10.1 Å². The summed E-state index contributed by atoms with van der Waals surface area (Å²) >= 11 is 0. The van der Waals surface area contributed by atoms with Crippen molar-refractivity contribution >= 4 is 11.6 Å². The van der Waals surface area contributed by atoms with Gasteiger partial charge in [-0.2, -0.15) is 0 Å². The molecule has 1 atom stereocenters. The zero-order chi connectivity index (χ0) is 13.8. The predicted octanol–water partition coefficient (Wildman–Crippen LogP) is 1.42. The molecule has 1 aromatic carbocycles. The number of nitrogens with two attached hydrogens (primary N) is 1. The highest BCUT2D eigenvalue weighted by molar-refractivity contribution is 5.94. The van der Waals surface area contributed by atoms with Gasteiger partial charge >= 0.3 is 0 Å². The van der Waals surface area contributed by atoms with Crippen molar-refractivity contribution in [2.45, 2.75) is 19.5 Å². The van der Waals surface area contributed by atoms with Gasteiger partial charge in [-0.15, -0.1) is 0 Å². The number of nitrogens with zero attached hydrogens (tertiary/aromatic N) is 2. The second-order valence-electron chi connectivity index (χ2n) is 4.37. The van der Waals surface area contributed by atoms with Gasteiger partial charge in [0.1, 0.15) is 5.82 Å². The van der Waals surface area contributed by atoms with Gasteiger partial charge in [0.05, 0.1) is 11.9 Å². The van der Waals surface area contributed by atoms with Gasteiger partial charge in [-0.05, 0) is 25.1 Å². The van der Waals surface area contributed by atoms with Gasteiger partial charge in [0.25, 0.3) is 5.91 Å². The van der Waals surface area contributed by atoms with Gasteiger partial charge in [-0.1, -0.05) is 0 Å². The summed E-state index contributed by atoms with van der Waals surface area (Å²) in [6.45, 7) is 2.41. The quantitative estimate of drug-likeness (QED) is 0.818. The molecule has 1 amide bonds. The first-order chi connectivity index (χ1) is 9.06. The summed E-state index contributed by atoms with van der Waals surface area (Å²) in [7, 11) is 0. The van der Waals surface area contributed by atoms with Crippen molar-refractivity contribution in [2.24, 2.45) is 0 Å². The van der Waals surface area contributed by atoms with Gasteiger partial charge in [0, 0.05) is 30.7 Å². The van der Waals surface area contributed by atoms with Crippen molar-refractivity contribution in [3.63, 3.8) is 0 Å². The molecule has 0 fully saturated rings. The molecular formula is C13H15FN4O. The fourth-order valence-corrected chi connectivity index (χ4v) is 1.77. The first-order valence-electron chi connectivity index (χ1n) is 5.88. The van der Waals surface area contributed by atoms with Crippen LogP contribution in [0.1, 0.15) is 17.3 Å². The van der Waals surface area contributed by atoms with Gasteiger partial charge in [-0.3, -0.25) is 4.79 Å². The summed E-state index contributed by atoms with van der Waals surface area (Å²) in [4.78, 5) is 15.8. The minimum Gasteiger partial charge on any atom is -0.399 e. The molecule has 0 saturated carbocycles. The average Bonchev–Trinajstić information content (AvgIpc) is 2.81. The van der Waals surface area contributed by atoms with Crippen LogP contribution in [0.5, 0.6) is 0 Å². The Labute approximate surface area is 110 Å². The minimum absolute atomic E-state index is 0.00770. The molecule has 0 aliphatic heterocycles. The van der Waals surface area contributed by atoms with Crippen LogP contribution >= 0.6 is 0 Å². The summed E-state index contributed by atoms with van der Waals surface area (Å²) in [5, 5.41) is 2.73. The van der Waals surface area contributed by atoms with Crippen LogP contribution in [0.3, 0.4) is 0 Å². The molecule has 1 heterocycles. The number of aromatic nitrogens is 2. The molecule has 2 aromatic rings. The van der Waals surface area contributed by atoms with E-state index in [-0.39, 0.29) is 11.6 Å². The van der Waals surface area contributed by atoms with Crippen molar-refractivity contribution < 1.29 is 9.18 Å². The molecule has 0 saturated heterocycles. The zero-order valence-electron chi connectivity index (χ0n) is 10.5. The number of amides is 1. The van der Waals surface area contributed by atoms with E-state index in [2.05, 4.69) is 10.3 Å². The van der Waals surface area contributed by atoms with Crippen LogP contribution in [0.2, 0.25) is 0 Å². The van der Waals surface area contributed by atoms with E-state index in [0.717, 1.165) is 6.07 Å². The fraction of sp³-hybridized carbons (Fsp3) is 0.231. The van der Waals surface area contributed by atoms with E-state index in [1.54, 1.807) is 18.7 Å². The van der Waals surface area contributed by atoms with E-state index in [1.165, 1.54) is 12.1 Å². The number of hydrogen-bond acceptors (Lipinski definition) is 3. The average molecular weight is 262 g/mol. The highest BCUT2D eigenvalue weighted by Crippen LogP contribution is 2.11. The number of benzene rings is 1. The maximum Gasteiger partial charge on any atom is 0.254 e. The number of carbonyl (C=O) groups is 1. The van der Waals surface area contributed by atoms with Crippen LogP contribution in [0.25, 0.3) is 0 Å². The number of imidazole rings is 1. The first kappa shape index (κ1) is 13.1. The van der Waals surface area contributed by atoms with Gasteiger partial charge in [-0.25, -0.2) is 9.37 Å². The predicted molar refractivity (Wildman–Crippen MR) is 70.0 cm³/mol. The maximum absolute atomic E-state index is 13.6. The number of halogens is 1. The first-order valence-corrected chi connectivity index (χ1v) is 5.88. The van der Waals surface area contributed by atoms with Crippen LogP contribution in [0, 0.1) is 5.82 Å². The molecule has 0 bridgehead atoms. The molecular weight excluding hydrogens is 247 g/mol. The zero-order valence-corrected chi connectivity index (χ0v) is 10.5. The third-order valence-electron chi connectivity index (χ3n) is 2.66. The summed E-state index contributed by atoms with van der Waals surface area (Å²) in [6.07, 6.45) is 5.12. The van der Waals surface area contributed by atoms with E-state index in [9.17, 15) is 9.18 Å². The van der Waals surface area contributed by atoms with Crippen LogP contribution in [-0.2, 0) is 6.54 Å². The molecule has 0 spiro atoms. The molecule has 19 heavy (non-hydrogen) atoms. The summed E-state index contributed by atoms with van der Waals surface area (Å²) < 4.78 is 15.4. The van der Waals surface area contributed by atoms with Crippen molar-refractivity contribution in [1.29, 1.82) is 0 Å². The molecule has 100 valence electrons. The maximum atomic E-state index is 13.6. The molecule has 0 radical (unpaired) electrons. The molecule has 0 aliphatic rings. The number of nitrogens with one attached hydrogen (secondary N) is 1. The Morgan fingerprint density at radius 2 is 2.37 bits per heavy atom. The Bertz CT molecular complexity index is 568. The second kappa shape index (κ2) is 5.51. The van der Waals surface area contributed by atoms with Crippen LogP contribution in [0.15, 0.2) is 36.9 Å². The van der Waals surface area contributed by atoms with Gasteiger partial charge < -0.3 is 15.6 Å². The van der Waals surface area contributed by atoms with Crippen molar-refractivity contribution in [1.82, 2.24) is 14.9 Å². The molecule has 3 N–H and O–H groups in total. The lowest BCUT2D eigenvalue weighted by Crippen LogP contribution is -2.35. The normalized spacial score (nSPS) is 12.1. The monoisotopic (exact) mass is 262 g/mol. The van der Waals surface area contributed by atoms with Crippen molar-refractivity contribution in [3.05, 3.63) is 48.3 Å². The lowest BCUT2D eigenvalue weighted by molar-refractivity contribution is 0.0932. The standard InChI is InChI=1S/C13H15FN4O/c1-9(7-18-5-4-16-8-18)17-13(19)11-3-2-10(15)6-12(11)14/h2-6,8-9H,7,15H2,1H3,(H,17,19). The molecule has 1 aromatic heterocycles. The van der Waals surface area contributed by atoms with E-state index in [4.69, 9.17) is 5.73 Å². The Morgan fingerprint density at radius 1 is 1.58 bits per heavy atom. The number of carbonyl (C=O) groups excluding carboxylic acids is 1. The third kappa shape index (κ3) is 3.31. The molecule has 1 unspecified atom stereocenters. The Hall–Kier alpha value is -2.37. The molecule has 0 aliphatic carbocycles. The number of hydrogen-bond donors (Lipinski definition) is 2. The molecule has 6 heteroatoms. The SMILES string of the molecule is CC(Cn1ccnc1)NC(=O)c1ccc(N)cc1F. The smallest absolute Gasteiger partial charge is 0.254 e. The van der Waals surface area contributed by atoms with Gasteiger partial charge in [0.15, 0.2) is 0 Å². The third-order valence-corrected chi connectivity index (χ3v) is 2.66. The summed E-state index contributed by atoms with van der Waals surface area (Å²) in [5.41, 5.74) is 5.72. The Morgan fingerprint density at radius 3 is 3.00 bits per heavy atom. The second-order valence-corrected chi connectivity index (χ2v) is 4.37. The largest absolute Gasteiger partial charge is 0.399 e. The van der Waals surface area contributed by atoms with Crippen molar-refractivity contribution in [3.8, 4) is 0 Å². The van der Waals surface area contributed by atoms with Crippen molar-refractivity contribution in [2.75, 3.05) is 5.73 Å². The molecule has 5 nitrogen and oxygen atoms in total. The van der Waals surface area contributed by atoms with E-state index >= 15 is 0 Å². The Balaban J connectivity index is 2.00. The lowest BCUT2D eigenvalue weighted by atomic mass is 10.1. The summed E-state index contributed by atoms with van der Waals surface area (Å²) in [5.74, 6) is -1.07.